The van der Waals surface area contributed by atoms with E-state index in [0.29, 0.717) is 12.1 Å². The minimum absolute atomic E-state index is 0. The second-order valence-corrected chi connectivity index (χ2v) is 4.47. The third kappa shape index (κ3) is 6.19. The van der Waals surface area contributed by atoms with Crippen molar-refractivity contribution in [2.75, 3.05) is 0 Å². The molecule has 0 radical (unpaired) electrons. The van der Waals surface area contributed by atoms with Crippen LogP contribution < -0.4 is 5.73 Å². The van der Waals surface area contributed by atoms with Crippen molar-refractivity contribution in [3.05, 3.63) is 34.3 Å². The monoisotopic (exact) mass is 341 g/mol. The fourth-order valence-electron chi connectivity index (χ4n) is 1.48. The zero-order chi connectivity index (χ0) is 14.8. The second-order valence-electron chi connectivity index (χ2n) is 4.03. The molecule has 0 aliphatic carbocycles. The Kier molecular flexibility index (Phi) is 6.64. The van der Waals surface area contributed by atoms with Crippen molar-refractivity contribution < 1.29 is 26.3 Å². The maximum absolute atomic E-state index is 12.5. The molecule has 0 saturated carbocycles. The SMILES string of the molecule is Cl.N[C@@H](CCC(F)(F)F)c1cc(Cl)cc(C(F)(F)F)c1. The van der Waals surface area contributed by atoms with Gasteiger partial charge < -0.3 is 5.73 Å². The Morgan fingerprint density at radius 2 is 1.60 bits per heavy atom. The molecule has 0 amide bonds. The lowest BCUT2D eigenvalue weighted by atomic mass is 10.0. The van der Waals surface area contributed by atoms with Gasteiger partial charge in [0.15, 0.2) is 0 Å². The average Bonchev–Trinajstić information content (AvgIpc) is 2.22. The molecule has 9 heteroatoms. The highest BCUT2D eigenvalue weighted by Crippen LogP contribution is 2.34. The third-order valence-corrected chi connectivity index (χ3v) is 2.63. The zero-order valence-electron chi connectivity index (χ0n) is 9.85. The summed E-state index contributed by atoms with van der Waals surface area (Å²) in [6.45, 7) is 0. The van der Waals surface area contributed by atoms with E-state index in [1.165, 1.54) is 0 Å². The summed E-state index contributed by atoms with van der Waals surface area (Å²) in [4.78, 5) is 0. The Labute approximate surface area is 122 Å². The summed E-state index contributed by atoms with van der Waals surface area (Å²) in [7, 11) is 0. The van der Waals surface area contributed by atoms with E-state index < -0.39 is 36.8 Å². The summed E-state index contributed by atoms with van der Waals surface area (Å²) in [6, 6.07) is 1.40. The van der Waals surface area contributed by atoms with Gasteiger partial charge in [0.1, 0.15) is 0 Å². The molecule has 1 atom stereocenters. The first-order valence-electron chi connectivity index (χ1n) is 5.19. The fraction of sp³-hybridized carbons (Fsp3) is 0.455. The molecular weight excluding hydrogens is 331 g/mol. The van der Waals surface area contributed by atoms with Crippen molar-refractivity contribution in [1.29, 1.82) is 0 Å². The van der Waals surface area contributed by atoms with E-state index in [9.17, 15) is 26.3 Å². The van der Waals surface area contributed by atoms with Gasteiger partial charge in [-0.3, -0.25) is 0 Å². The Morgan fingerprint density at radius 3 is 2.05 bits per heavy atom. The molecule has 1 rings (SSSR count). The first kappa shape index (κ1) is 19.3. The first-order chi connectivity index (χ1) is 8.49. The van der Waals surface area contributed by atoms with E-state index in [1.54, 1.807) is 0 Å². The van der Waals surface area contributed by atoms with E-state index in [2.05, 4.69) is 0 Å². The molecule has 0 aliphatic heterocycles. The van der Waals surface area contributed by atoms with Crippen molar-refractivity contribution in [1.82, 2.24) is 0 Å². The van der Waals surface area contributed by atoms with Crippen molar-refractivity contribution in [3.63, 3.8) is 0 Å². The van der Waals surface area contributed by atoms with Crippen LogP contribution in [0.1, 0.15) is 30.0 Å². The van der Waals surface area contributed by atoms with Crippen LogP contribution in [0.5, 0.6) is 0 Å². The molecule has 0 saturated heterocycles. The first-order valence-corrected chi connectivity index (χ1v) is 5.57. The van der Waals surface area contributed by atoms with Gasteiger partial charge in [0, 0.05) is 17.5 Å². The van der Waals surface area contributed by atoms with Gasteiger partial charge in [0.25, 0.3) is 0 Å². The van der Waals surface area contributed by atoms with Crippen LogP contribution in [0.4, 0.5) is 26.3 Å². The van der Waals surface area contributed by atoms with Crippen LogP contribution in [0.15, 0.2) is 18.2 Å². The largest absolute Gasteiger partial charge is 0.416 e. The van der Waals surface area contributed by atoms with E-state index in [1.807, 2.05) is 0 Å². The highest BCUT2D eigenvalue weighted by Gasteiger charge is 2.32. The Morgan fingerprint density at radius 1 is 1.05 bits per heavy atom. The number of benzene rings is 1. The highest BCUT2D eigenvalue weighted by molar-refractivity contribution is 6.30. The van der Waals surface area contributed by atoms with Gasteiger partial charge in [-0.15, -0.1) is 12.4 Å². The molecule has 2 N–H and O–H groups in total. The quantitative estimate of drug-likeness (QED) is 0.758. The van der Waals surface area contributed by atoms with Crippen LogP contribution in [0.3, 0.4) is 0 Å². The molecule has 1 aromatic rings. The van der Waals surface area contributed by atoms with Crippen LogP contribution in [-0.2, 0) is 6.18 Å². The summed E-state index contributed by atoms with van der Waals surface area (Å²) < 4.78 is 73.6. The number of halogens is 8. The average molecular weight is 342 g/mol. The lowest BCUT2D eigenvalue weighted by Crippen LogP contribution is -2.16. The van der Waals surface area contributed by atoms with Gasteiger partial charge in [-0.2, -0.15) is 26.3 Å². The topological polar surface area (TPSA) is 26.0 Å². The standard InChI is InChI=1S/C11H10ClF6N.ClH/c12-8-4-6(3-7(5-8)11(16,17)18)9(19)1-2-10(13,14)15;/h3-5,9H,1-2,19H2;1H/t9-;/m0./s1. The molecule has 0 bridgehead atoms. The molecule has 1 nitrogen and oxygen atoms in total. The van der Waals surface area contributed by atoms with Crippen molar-refractivity contribution in [2.45, 2.75) is 31.2 Å². The van der Waals surface area contributed by atoms with Gasteiger partial charge in [0.05, 0.1) is 5.56 Å². The highest BCUT2D eigenvalue weighted by atomic mass is 35.5. The molecule has 0 spiro atoms. The fourth-order valence-corrected chi connectivity index (χ4v) is 1.72. The number of alkyl halides is 6. The summed E-state index contributed by atoms with van der Waals surface area (Å²) in [5.41, 5.74) is 4.36. The number of nitrogens with two attached hydrogens (primary N) is 1. The Hall–Kier alpha value is -0.660. The van der Waals surface area contributed by atoms with Crippen LogP contribution in [0, 0.1) is 0 Å². The lowest BCUT2D eigenvalue weighted by molar-refractivity contribution is -0.138. The summed E-state index contributed by atoms with van der Waals surface area (Å²) in [5, 5.41) is -0.215. The molecule has 0 aliphatic rings. The predicted molar refractivity (Wildman–Crippen MR) is 65.9 cm³/mol. The zero-order valence-corrected chi connectivity index (χ0v) is 11.4. The summed E-state index contributed by atoms with van der Waals surface area (Å²) >= 11 is 5.51. The van der Waals surface area contributed by atoms with Crippen LogP contribution in [0.25, 0.3) is 0 Å². The Bertz CT molecular complexity index is 444. The molecule has 0 unspecified atom stereocenters. The molecule has 20 heavy (non-hydrogen) atoms. The van der Waals surface area contributed by atoms with Crippen LogP contribution in [0.2, 0.25) is 5.02 Å². The predicted octanol–water partition coefficient (Wildman–Crippen LogP) is 5.12. The van der Waals surface area contributed by atoms with Crippen LogP contribution in [-0.4, -0.2) is 6.18 Å². The molecule has 0 fully saturated rings. The smallest absolute Gasteiger partial charge is 0.324 e. The number of rotatable bonds is 3. The van der Waals surface area contributed by atoms with Gasteiger partial charge in [-0.25, -0.2) is 0 Å². The van der Waals surface area contributed by atoms with Gasteiger partial charge in [0.2, 0.25) is 0 Å². The maximum Gasteiger partial charge on any atom is 0.416 e. The molecule has 0 aromatic heterocycles. The third-order valence-electron chi connectivity index (χ3n) is 2.41. The maximum atomic E-state index is 12.5. The second kappa shape index (κ2) is 6.87. The minimum Gasteiger partial charge on any atom is -0.324 e. The summed E-state index contributed by atoms with van der Waals surface area (Å²) in [5.74, 6) is 0. The van der Waals surface area contributed by atoms with Gasteiger partial charge in [-0.05, 0) is 30.2 Å². The van der Waals surface area contributed by atoms with Gasteiger partial charge >= 0.3 is 12.4 Å². The van der Waals surface area contributed by atoms with E-state index in [0.717, 1.165) is 6.07 Å². The summed E-state index contributed by atoms with van der Waals surface area (Å²) in [6.07, 6.45) is -10.7. The molecular formula is C11H11Cl2F6N. The van der Waals surface area contributed by atoms with E-state index in [-0.39, 0.29) is 23.0 Å². The minimum atomic E-state index is -4.62. The molecule has 0 heterocycles. The Balaban J connectivity index is 0.00000361. The van der Waals surface area contributed by atoms with Crippen LogP contribution >= 0.6 is 24.0 Å². The number of hydrogen-bond donors (Lipinski definition) is 1. The van der Waals surface area contributed by atoms with Gasteiger partial charge in [-0.1, -0.05) is 11.6 Å². The molecule has 1 aromatic carbocycles. The van der Waals surface area contributed by atoms with E-state index in [4.69, 9.17) is 17.3 Å². The van der Waals surface area contributed by atoms with E-state index >= 15 is 0 Å². The lowest BCUT2D eigenvalue weighted by Gasteiger charge is -2.16. The van der Waals surface area contributed by atoms with Crippen molar-refractivity contribution in [2.24, 2.45) is 5.73 Å². The molecule has 116 valence electrons. The number of hydrogen-bond acceptors (Lipinski definition) is 1. The van der Waals surface area contributed by atoms with Crippen molar-refractivity contribution >= 4 is 24.0 Å². The normalized spacial score (nSPS) is 13.8. The van der Waals surface area contributed by atoms with Crippen molar-refractivity contribution in [3.8, 4) is 0 Å².